The van der Waals surface area contributed by atoms with E-state index < -0.39 is 11.7 Å². The maximum Gasteiger partial charge on any atom is 0.416 e. The Kier molecular flexibility index (Phi) is 6.54. The van der Waals surface area contributed by atoms with Gasteiger partial charge in [-0.3, -0.25) is 9.59 Å². The van der Waals surface area contributed by atoms with E-state index in [9.17, 15) is 22.8 Å². The number of carbonyl (C=O) groups excluding carboxylic acids is 2. The van der Waals surface area contributed by atoms with Gasteiger partial charge in [-0.25, -0.2) is 0 Å². The normalized spacial score (nSPS) is 21.4. The predicted molar refractivity (Wildman–Crippen MR) is 99.5 cm³/mol. The molecule has 2 fully saturated rings. The van der Waals surface area contributed by atoms with E-state index in [1.807, 2.05) is 0 Å². The smallest absolute Gasteiger partial charge is 0.375 e. The Balaban J connectivity index is 1.61. The molecule has 2 aliphatic heterocycles. The zero-order valence-corrected chi connectivity index (χ0v) is 16.4. The molecule has 28 heavy (non-hydrogen) atoms. The van der Waals surface area contributed by atoms with Crippen LogP contribution >= 0.6 is 11.8 Å². The molecule has 0 unspecified atom stereocenters. The number of carbonyl (C=O) groups is 2. The van der Waals surface area contributed by atoms with Gasteiger partial charge in [0.2, 0.25) is 11.8 Å². The fourth-order valence-electron chi connectivity index (χ4n) is 3.62. The van der Waals surface area contributed by atoms with Gasteiger partial charge in [-0.2, -0.15) is 13.2 Å². The molecule has 0 saturated carbocycles. The summed E-state index contributed by atoms with van der Waals surface area (Å²) in [6, 6.07) is 5.05. The lowest BCUT2D eigenvalue weighted by Crippen LogP contribution is -2.43. The van der Waals surface area contributed by atoms with E-state index >= 15 is 0 Å². The number of methoxy groups -OCH3 is 1. The number of nitrogens with zero attached hydrogens (tertiary/aromatic N) is 2. The molecule has 2 amide bonds. The summed E-state index contributed by atoms with van der Waals surface area (Å²) in [6.45, 7) is 1.89. The minimum Gasteiger partial charge on any atom is -0.375 e. The van der Waals surface area contributed by atoms with Gasteiger partial charge in [0.15, 0.2) is 0 Å². The molecule has 0 bridgehead atoms. The third kappa shape index (κ3) is 4.81. The lowest BCUT2D eigenvalue weighted by Gasteiger charge is -2.35. The summed E-state index contributed by atoms with van der Waals surface area (Å²) < 4.78 is 43.2. The van der Waals surface area contributed by atoms with Gasteiger partial charge in [0.25, 0.3) is 0 Å². The van der Waals surface area contributed by atoms with Crippen molar-refractivity contribution in [3.8, 4) is 0 Å². The summed E-state index contributed by atoms with van der Waals surface area (Å²) in [5.74, 6) is 0.576. The van der Waals surface area contributed by atoms with Crippen molar-refractivity contribution < 1.29 is 27.5 Å². The van der Waals surface area contributed by atoms with Crippen LogP contribution in [0.2, 0.25) is 0 Å². The number of benzene rings is 1. The second-order valence-corrected chi connectivity index (χ2v) is 8.15. The molecular formula is C19H23F3N2O3S. The van der Waals surface area contributed by atoms with Gasteiger partial charge in [0.1, 0.15) is 12.0 Å². The van der Waals surface area contributed by atoms with Gasteiger partial charge in [0, 0.05) is 26.7 Å². The molecule has 2 saturated heterocycles. The van der Waals surface area contributed by atoms with Crippen molar-refractivity contribution in [1.82, 2.24) is 9.80 Å². The van der Waals surface area contributed by atoms with Crippen LogP contribution in [-0.2, 0) is 20.5 Å². The van der Waals surface area contributed by atoms with E-state index in [0.717, 1.165) is 25.0 Å². The Hall–Kier alpha value is -1.74. The topological polar surface area (TPSA) is 49.9 Å². The maximum absolute atomic E-state index is 12.8. The van der Waals surface area contributed by atoms with Crippen LogP contribution in [0.5, 0.6) is 0 Å². The third-order valence-electron chi connectivity index (χ3n) is 5.18. The first-order valence-corrected chi connectivity index (χ1v) is 10.2. The number of rotatable bonds is 5. The molecule has 5 nitrogen and oxygen atoms in total. The predicted octanol–water partition coefficient (Wildman–Crippen LogP) is 3.16. The Morgan fingerprint density at radius 1 is 1.21 bits per heavy atom. The molecule has 0 N–H and O–H groups in total. The lowest BCUT2D eigenvalue weighted by molar-refractivity contribution is -0.138. The number of likely N-dealkylation sites (tertiary alicyclic amines) is 1. The van der Waals surface area contributed by atoms with Gasteiger partial charge in [-0.1, -0.05) is 12.1 Å². The number of piperidine rings is 1. The number of ether oxygens (including phenoxy) is 1. The Bertz CT molecular complexity index is 703. The highest BCUT2D eigenvalue weighted by molar-refractivity contribution is 8.00. The lowest BCUT2D eigenvalue weighted by atomic mass is 9.95. The maximum atomic E-state index is 12.8. The van der Waals surface area contributed by atoms with Gasteiger partial charge in [-0.05, 0) is 36.5 Å². The van der Waals surface area contributed by atoms with Crippen LogP contribution in [0.15, 0.2) is 24.3 Å². The van der Waals surface area contributed by atoms with Crippen LogP contribution in [0.4, 0.5) is 13.2 Å². The van der Waals surface area contributed by atoms with E-state index in [4.69, 9.17) is 4.74 Å². The minimum absolute atomic E-state index is 0.00721. The van der Waals surface area contributed by atoms with Crippen LogP contribution in [0.3, 0.4) is 0 Å². The Morgan fingerprint density at radius 3 is 2.43 bits per heavy atom. The summed E-state index contributed by atoms with van der Waals surface area (Å²) in [7, 11) is 1.49. The Morgan fingerprint density at radius 2 is 1.86 bits per heavy atom. The molecule has 3 rings (SSSR count). The van der Waals surface area contributed by atoms with Crippen molar-refractivity contribution in [3.63, 3.8) is 0 Å². The SMILES string of the molecule is COCC(=O)N1CCC(CN2C(=O)CS[C@@H]2c2ccc(C(F)(F)F)cc2)CC1. The first-order valence-electron chi connectivity index (χ1n) is 9.14. The molecule has 9 heteroatoms. The van der Waals surface area contributed by atoms with Crippen LogP contribution < -0.4 is 0 Å². The standard InChI is InChI=1S/C19H23F3N2O3S/c1-27-11-16(25)23-8-6-13(7-9-23)10-24-17(26)12-28-18(24)14-2-4-15(5-3-14)19(20,21)22/h2-5,13,18H,6-12H2,1H3/t18-/m1/s1. The third-order valence-corrected chi connectivity index (χ3v) is 6.44. The number of hydrogen-bond donors (Lipinski definition) is 0. The average Bonchev–Trinajstić information content (AvgIpc) is 3.02. The van der Waals surface area contributed by atoms with Crippen LogP contribution in [0.1, 0.15) is 29.3 Å². The zero-order chi connectivity index (χ0) is 20.3. The van der Waals surface area contributed by atoms with E-state index in [1.54, 1.807) is 9.80 Å². The van der Waals surface area contributed by atoms with Crippen molar-refractivity contribution in [3.05, 3.63) is 35.4 Å². The molecule has 0 radical (unpaired) electrons. The first-order chi connectivity index (χ1) is 13.3. The highest BCUT2D eigenvalue weighted by Gasteiger charge is 2.36. The van der Waals surface area contributed by atoms with E-state index in [2.05, 4.69) is 0 Å². The molecule has 2 aliphatic rings. The highest BCUT2D eigenvalue weighted by atomic mass is 32.2. The largest absolute Gasteiger partial charge is 0.416 e. The second kappa shape index (κ2) is 8.73. The van der Waals surface area contributed by atoms with Crippen molar-refractivity contribution in [2.45, 2.75) is 24.4 Å². The molecular weight excluding hydrogens is 393 g/mol. The van der Waals surface area contributed by atoms with Gasteiger partial charge < -0.3 is 14.5 Å². The van der Waals surface area contributed by atoms with E-state index in [0.29, 0.717) is 31.0 Å². The fraction of sp³-hybridized carbons (Fsp3) is 0.579. The highest BCUT2D eigenvalue weighted by Crippen LogP contribution is 2.40. The summed E-state index contributed by atoms with van der Waals surface area (Å²) >= 11 is 1.44. The molecule has 0 aliphatic carbocycles. The number of thioether (sulfide) groups is 1. The quantitative estimate of drug-likeness (QED) is 0.740. The first kappa shape index (κ1) is 21.0. The van der Waals surface area contributed by atoms with Crippen molar-refractivity contribution in [1.29, 1.82) is 0 Å². The van der Waals surface area contributed by atoms with Gasteiger partial charge >= 0.3 is 6.18 Å². The van der Waals surface area contributed by atoms with Gasteiger partial charge in [0.05, 0.1) is 11.3 Å². The second-order valence-electron chi connectivity index (χ2n) is 7.09. The molecule has 154 valence electrons. The number of hydrogen-bond acceptors (Lipinski definition) is 4. The summed E-state index contributed by atoms with van der Waals surface area (Å²) in [5, 5.41) is -0.261. The minimum atomic E-state index is -4.37. The monoisotopic (exact) mass is 416 g/mol. The average molecular weight is 416 g/mol. The zero-order valence-electron chi connectivity index (χ0n) is 15.6. The van der Waals surface area contributed by atoms with E-state index in [-0.39, 0.29) is 29.7 Å². The molecule has 0 spiro atoms. The van der Waals surface area contributed by atoms with E-state index in [1.165, 1.54) is 31.0 Å². The molecule has 1 aromatic rings. The Labute approximate surface area is 166 Å². The number of halogens is 3. The summed E-state index contributed by atoms with van der Waals surface area (Å²) in [5.41, 5.74) is 0.0155. The summed E-state index contributed by atoms with van der Waals surface area (Å²) in [4.78, 5) is 27.8. The van der Waals surface area contributed by atoms with Crippen LogP contribution in [-0.4, -0.2) is 60.7 Å². The number of amides is 2. The van der Waals surface area contributed by atoms with Crippen LogP contribution in [0, 0.1) is 5.92 Å². The molecule has 1 atom stereocenters. The summed E-state index contributed by atoms with van der Waals surface area (Å²) in [6.07, 6.45) is -2.78. The van der Waals surface area contributed by atoms with Crippen molar-refractivity contribution in [2.24, 2.45) is 5.92 Å². The molecule has 0 aromatic heterocycles. The van der Waals surface area contributed by atoms with Crippen molar-refractivity contribution >= 4 is 23.6 Å². The molecule has 1 aromatic carbocycles. The van der Waals surface area contributed by atoms with Gasteiger partial charge in [-0.15, -0.1) is 11.8 Å². The van der Waals surface area contributed by atoms with Crippen molar-refractivity contribution in [2.75, 3.05) is 39.1 Å². The number of alkyl halides is 3. The van der Waals surface area contributed by atoms with Crippen LogP contribution in [0.25, 0.3) is 0 Å². The fourth-order valence-corrected chi connectivity index (χ4v) is 4.82. The molecule has 2 heterocycles.